The molecule has 26 heavy (non-hydrogen) atoms. The molecular weight excluding hydrogens is 348 g/mol. The lowest BCUT2D eigenvalue weighted by Gasteiger charge is -2.35. The first kappa shape index (κ1) is 18.8. The van der Waals surface area contributed by atoms with Gasteiger partial charge in [-0.15, -0.1) is 10.2 Å². The van der Waals surface area contributed by atoms with Crippen LogP contribution in [0, 0.1) is 0 Å². The second-order valence-corrected chi connectivity index (χ2v) is 8.30. The Bertz CT molecular complexity index is 756. The minimum atomic E-state index is -0.457. The van der Waals surface area contributed by atoms with E-state index in [9.17, 15) is 9.90 Å². The quantitative estimate of drug-likeness (QED) is 0.838. The number of nitrogens with zero attached hydrogens (tertiary/aromatic N) is 3. The molecule has 0 saturated carbocycles. The number of urea groups is 1. The number of nitrogens with one attached hydrogen (secondary N) is 1. The fourth-order valence-electron chi connectivity index (χ4n) is 3.56. The van der Waals surface area contributed by atoms with Crippen LogP contribution >= 0.6 is 11.3 Å². The van der Waals surface area contributed by atoms with Crippen LogP contribution in [-0.4, -0.2) is 44.9 Å². The lowest BCUT2D eigenvalue weighted by molar-refractivity contribution is 0.0867. The first-order chi connectivity index (χ1) is 12.4. The summed E-state index contributed by atoms with van der Waals surface area (Å²) in [6, 6.07) is 9.93. The van der Waals surface area contributed by atoms with E-state index >= 15 is 0 Å². The Balaban J connectivity index is 1.76. The maximum Gasteiger partial charge on any atom is 0.324 e. The van der Waals surface area contributed by atoms with Gasteiger partial charge < -0.3 is 10.0 Å². The molecule has 0 radical (unpaired) electrons. The summed E-state index contributed by atoms with van der Waals surface area (Å²) in [7, 11) is 0. The largest absolute Gasteiger partial charge is 0.394 e. The van der Waals surface area contributed by atoms with Crippen molar-refractivity contribution in [3.63, 3.8) is 0 Å². The summed E-state index contributed by atoms with van der Waals surface area (Å²) < 4.78 is 0. The molecule has 1 aromatic heterocycles. The molecule has 2 heterocycles. The predicted molar refractivity (Wildman–Crippen MR) is 104 cm³/mol. The van der Waals surface area contributed by atoms with Gasteiger partial charge in [-0.3, -0.25) is 5.32 Å². The van der Waals surface area contributed by atoms with Crippen LogP contribution in [0.3, 0.4) is 0 Å². The van der Waals surface area contributed by atoms with Crippen LogP contribution in [0.15, 0.2) is 30.3 Å². The van der Waals surface area contributed by atoms with E-state index in [0.717, 1.165) is 29.8 Å². The molecule has 2 amide bonds. The van der Waals surface area contributed by atoms with E-state index < -0.39 is 5.54 Å². The van der Waals surface area contributed by atoms with Gasteiger partial charge in [0.25, 0.3) is 0 Å². The number of amides is 2. The van der Waals surface area contributed by atoms with Crippen LogP contribution in [0.1, 0.15) is 50.6 Å². The Hall–Kier alpha value is -1.99. The molecule has 0 spiro atoms. The van der Waals surface area contributed by atoms with E-state index in [-0.39, 0.29) is 18.1 Å². The highest BCUT2D eigenvalue weighted by atomic mass is 32.1. The minimum absolute atomic E-state index is 0.0146. The lowest BCUT2D eigenvalue weighted by Crippen LogP contribution is -2.51. The Labute approximate surface area is 158 Å². The van der Waals surface area contributed by atoms with Gasteiger partial charge in [0.15, 0.2) is 0 Å². The molecule has 1 aliphatic heterocycles. The number of hydrogen-bond acceptors (Lipinski definition) is 5. The first-order valence-corrected chi connectivity index (χ1v) is 9.83. The number of likely N-dealkylation sites (tertiary alicyclic amines) is 1. The average Bonchev–Trinajstić information content (AvgIpc) is 3.30. The molecule has 1 saturated heterocycles. The van der Waals surface area contributed by atoms with Crippen molar-refractivity contribution in [1.82, 2.24) is 15.1 Å². The standard InChI is InChI=1S/C19H26N4O2S/c1-4-19(13-24)11-8-12-23(19)17(25)20-16-22-21-15(26-16)18(2,3)14-9-6-5-7-10-14/h5-7,9-10,24H,4,8,11-13H2,1-3H3,(H,20,22,25). The number of aliphatic hydroxyl groups is 1. The van der Waals surface area contributed by atoms with Gasteiger partial charge in [0.05, 0.1) is 12.1 Å². The summed E-state index contributed by atoms with van der Waals surface area (Å²) in [6.45, 7) is 6.85. The number of hydrogen-bond donors (Lipinski definition) is 2. The fraction of sp³-hybridized carbons (Fsp3) is 0.526. The number of carbonyl (C=O) groups is 1. The minimum Gasteiger partial charge on any atom is -0.394 e. The van der Waals surface area contributed by atoms with E-state index in [1.807, 2.05) is 25.1 Å². The van der Waals surface area contributed by atoms with Crippen LogP contribution in [0.25, 0.3) is 0 Å². The predicted octanol–water partition coefficient (Wildman–Crippen LogP) is 3.63. The Morgan fingerprint density at radius 2 is 2.08 bits per heavy atom. The third kappa shape index (κ3) is 3.33. The summed E-state index contributed by atoms with van der Waals surface area (Å²) in [5, 5.41) is 22.5. The molecule has 0 bridgehead atoms. The Kier molecular flexibility index (Phi) is 5.29. The fourth-order valence-corrected chi connectivity index (χ4v) is 4.42. The highest BCUT2D eigenvalue weighted by Gasteiger charge is 2.42. The molecule has 2 N–H and O–H groups in total. The summed E-state index contributed by atoms with van der Waals surface area (Å²) in [6.07, 6.45) is 2.47. The van der Waals surface area contributed by atoms with Gasteiger partial charge in [0, 0.05) is 12.0 Å². The van der Waals surface area contributed by atoms with Gasteiger partial charge in [-0.1, -0.05) is 48.6 Å². The van der Waals surface area contributed by atoms with E-state index in [1.54, 1.807) is 4.90 Å². The van der Waals surface area contributed by atoms with E-state index in [4.69, 9.17) is 0 Å². The van der Waals surface area contributed by atoms with Crippen LogP contribution in [0.5, 0.6) is 0 Å². The molecule has 1 aliphatic rings. The van der Waals surface area contributed by atoms with Crippen molar-refractivity contribution in [2.75, 3.05) is 18.5 Å². The van der Waals surface area contributed by atoms with Crippen molar-refractivity contribution in [2.24, 2.45) is 0 Å². The Morgan fingerprint density at radius 1 is 1.35 bits per heavy atom. The third-order valence-corrected chi connectivity index (χ3v) is 6.63. The number of aliphatic hydroxyl groups excluding tert-OH is 1. The Morgan fingerprint density at radius 3 is 2.73 bits per heavy atom. The smallest absolute Gasteiger partial charge is 0.324 e. The van der Waals surface area contributed by atoms with Crippen molar-refractivity contribution in [1.29, 1.82) is 0 Å². The maximum atomic E-state index is 12.7. The summed E-state index contributed by atoms with van der Waals surface area (Å²) in [5.74, 6) is 0. The second-order valence-electron chi connectivity index (χ2n) is 7.32. The zero-order valence-corrected chi connectivity index (χ0v) is 16.3. The number of anilines is 1. The molecule has 1 unspecified atom stereocenters. The number of benzene rings is 1. The lowest BCUT2D eigenvalue weighted by atomic mass is 9.85. The molecule has 7 heteroatoms. The van der Waals surface area contributed by atoms with Gasteiger partial charge >= 0.3 is 6.03 Å². The number of rotatable bonds is 5. The molecule has 1 atom stereocenters. The SMILES string of the molecule is CCC1(CO)CCCN1C(=O)Nc1nnc(C(C)(C)c2ccccc2)s1. The first-order valence-electron chi connectivity index (χ1n) is 9.02. The zero-order valence-electron chi connectivity index (χ0n) is 15.5. The van der Waals surface area contributed by atoms with E-state index in [1.165, 1.54) is 11.3 Å². The van der Waals surface area contributed by atoms with Crippen molar-refractivity contribution in [3.8, 4) is 0 Å². The van der Waals surface area contributed by atoms with Crippen LogP contribution in [0.4, 0.5) is 9.93 Å². The summed E-state index contributed by atoms with van der Waals surface area (Å²) >= 11 is 1.39. The van der Waals surface area contributed by atoms with Crippen molar-refractivity contribution < 1.29 is 9.90 Å². The summed E-state index contributed by atoms with van der Waals surface area (Å²) in [5.41, 5.74) is 0.410. The molecule has 6 nitrogen and oxygen atoms in total. The molecule has 0 aliphatic carbocycles. The van der Waals surface area contributed by atoms with Gasteiger partial charge in [0.2, 0.25) is 5.13 Å². The number of aromatic nitrogens is 2. The third-order valence-electron chi connectivity index (χ3n) is 5.46. The van der Waals surface area contributed by atoms with Crippen LogP contribution in [0.2, 0.25) is 0 Å². The van der Waals surface area contributed by atoms with Crippen LogP contribution < -0.4 is 5.32 Å². The molecule has 1 aromatic carbocycles. The molecule has 2 aromatic rings. The highest BCUT2D eigenvalue weighted by molar-refractivity contribution is 7.15. The normalized spacial score (nSPS) is 20.4. The molecule has 1 fully saturated rings. The van der Waals surface area contributed by atoms with E-state index in [0.29, 0.717) is 11.7 Å². The monoisotopic (exact) mass is 374 g/mol. The number of carbonyl (C=O) groups excluding carboxylic acids is 1. The molecular formula is C19H26N4O2S. The summed E-state index contributed by atoms with van der Waals surface area (Å²) in [4.78, 5) is 14.5. The van der Waals surface area contributed by atoms with Crippen LogP contribution in [-0.2, 0) is 5.41 Å². The van der Waals surface area contributed by atoms with Crippen molar-refractivity contribution in [2.45, 2.75) is 51.0 Å². The topological polar surface area (TPSA) is 78.4 Å². The van der Waals surface area contributed by atoms with E-state index in [2.05, 4.69) is 41.5 Å². The van der Waals surface area contributed by atoms with Crippen molar-refractivity contribution in [3.05, 3.63) is 40.9 Å². The van der Waals surface area contributed by atoms with Gasteiger partial charge in [0.1, 0.15) is 5.01 Å². The maximum absolute atomic E-state index is 12.7. The zero-order chi connectivity index (χ0) is 18.8. The average molecular weight is 375 g/mol. The van der Waals surface area contributed by atoms with Gasteiger partial charge in [-0.05, 0) is 38.7 Å². The van der Waals surface area contributed by atoms with Gasteiger partial charge in [-0.25, -0.2) is 4.79 Å². The highest BCUT2D eigenvalue weighted by Crippen LogP contribution is 2.36. The van der Waals surface area contributed by atoms with Crippen molar-refractivity contribution >= 4 is 22.5 Å². The molecule has 140 valence electrons. The molecule has 3 rings (SSSR count). The second kappa shape index (κ2) is 7.32. The van der Waals surface area contributed by atoms with Gasteiger partial charge in [-0.2, -0.15) is 0 Å².